The number of rotatable bonds is 8. The van der Waals surface area contributed by atoms with E-state index in [0.29, 0.717) is 17.3 Å². The fourth-order valence-corrected chi connectivity index (χ4v) is 4.59. The number of carbonyl (C=O) groups excluding carboxylic acids is 1. The fourth-order valence-electron chi connectivity index (χ4n) is 2.01. The summed E-state index contributed by atoms with van der Waals surface area (Å²) in [6.45, 7) is 0. The SMILES string of the molecule is O=C(CCSc1ccc(F)cc1)Nc1nnc(SCc2ccccc2)s1. The predicted molar refractivity (Wildman–Crippen MR) is 106 cm³/mol. The van der Waals surface area contributed by atoms with E-state index in [1.54, 1.807) is 23.9 Å². The first-order chi connectivity index (χ1) is 12.7. The molecule has 0 unspecified atom stereocenters. The monoisotopic (exact) mass is 405 g/mol. The lowest BCUT2D eigenvalue weighted by molar-refractivity contribution is -0.115. The molecule has 3 rings (SSSR count). The van der Waals surface area contributed by atoms with Gasteiger partial charge in [0, 0.05) is 22.8 Å². The van der Waals surface area contributed by atoms with Gasteiger partial charge < -0.3 is 5.32 Å². The normalized spacial score (nSPS) is 10.7. The molecule has 134 valence electrons. The van der Waals surface area contributed by atoms with E-state index in [9.17, 15) is 9.18 Å². The van der Waals surface area contributed by atoms with Gasteiger partial charge in [-0.3, -0.25) is 4.79 Å². The molecule has 4 nitrogen and oxygen atoms in total. The molecule has 1 aromatic heterocycles. The van der Waals surface area contributed by atoms with E-state index >= 15 is 0 Å². The molecule has 1 N–H and O–H groups in total. The standard InChI is InChI=1S/C18H16FN3OS3/c19-14-6-8-15(9-7-14)24-11-10-16(23)20-17-21-22-18(26-17)25-12-13-4-2-1-3-5-13/h1-9H,10-12H2,(H,20,21,23). The Morgan fingerprint density at radius 3 is 2.58 bits per heavy atom. The Bertz CT molecular complexity index is 840. The van der Waals surface area contributed by atoms with Crippen LogP contribution in [0.4, 0.5) is 9.52 Å². The lowest BCUT2D eigenvalue weighted by Crippen LogP contribution is -2.11. The third-order valence-corrected chi connectivity index (χ3v) is 6.33. The van der Waals surface area contributed by atoms with Crippen molar-refractivity contribution in [2.75, 3.05) is 11.1 Å². The molecule has 0 atom stereocenters. The topological polar surface area (TPSA) is 54.9 Å². The molecule has 2 aromatic carbocycles. The van der Waals surface area contributed by atoms with Crippen molar-refractivity contribution in [2.45, 2.75) is 21.4 Å². The Morgan fingerprint density at radius 2 is 1.81 bits per heavy atom. The van der Waals surface area contributed by atoms with Crippen molar-refractivity contribution in [3.8, 4) is 0 Å². The Morgan fingerprint density at radius 1 is 1.04 bits per heavy atom. The Balaban J connectivity index is 1.40. The van der Waals surface area contributed by atoms with Crippen LogP contribution in [0, 0.1) is 5.82 Å². The molecule has 0 bridgehead atoms. The minimum Gasteiger partial charge on any atom is -0.300 e. The van der Waals surface area contributed by atoms with Crippen molar-refractivity contribution in [3.63, 3.8) is 0 Å². The molecule has 26 heavy (non-hydrogen) atoms. The van der Waals surface area contributed by atoms with Crippen molar-refractivity contribution in [3.05, 3.63) is 66.0 Å². The van der Waals surface area contributed by atoms with Gasteiger partial charge in [0.15, 0.2) is 4.34 Å². The van der Waals surface area contributed by atoms with Crippen molar-refractivity contribution >= 4 is 45.9 Å². The van der Waals surface area contributed by atoms with E-state index in [1.165, 1.54) is 40.8 Å². The maximum absolute atomic E-state index is 12.8. The Labute approximate surface area is 163 Å². The van der Waals surface area contributed by atoms with E-state index in [1.807, 2.05) is 18.2 Å². The summed E-state index contributed by atoms with van der Waals surface area (Å²) in [6.07, 6.45) is 0.355. The molecule has 0 aliphatic carbocycles. The average molecular weight is 406 g/mol. The number of anilines is 1. The second-order valence-electron chi connectivity index (χ2n) is 5.25. The van der Waals surface area contributed by atoms with Crippen LogP contribution in [0.15, 0.2) is 63.8 Å². The quantitative estimate of drug-likeness (QED) is 0.418. The number of halogens is 1. The number of benzene rings is 2. The third-order valence-electron chi connectivity index (χ3n) is 3.27. The zero-order valence-corrected chi connectivity index (χ0v) is 16.2. The largest absolute Gasteiger partial charge is 0.300 e. The van der Waals surface area contributed by atoms with Crippen molar-refractivity contribution < 1.29 is 9.18 Å². The van der Waals surface area contributed by atoms with Crippen LogP contribution in [0.2, 0.25) is 0 Å². The highest BCUT2D eigenvalue weighted by molar-refractivity contribution is 8.00. The Hall–Kier alpha value is -1.90. The van der Waals surface area contributed by atoms with Gasteiger partial charge >= 0.3 is 0 Å². The van der Waals surface area contributed by atoms with Gasteiger partial charge in [-0.25, -0.2) is 4.39 Å². The smallest absolute Gasteiger partial charge is 0.227 e. The maximum Gasteiger partial charge on any atom is 0.227 e. The van der Waals surface area contributed by atoms with E-state index in [-0.39, 0.29) is 11.7 Å². The van der Waals surface area contributed by atoms with Crippen LogP contribution in [0.3, 0.4) is 0 Å². The molecule has 0 fully saturated rings. The first kappa shape index (κ1) is 18.9. The molecule has 0 saturated heterocycles. The summed E-state index contributed by atoms with van der Waals surface area (Å²) in [5, 5.41) is 11.4. The lowest BCUT2D eigenvalue weighted by atomic mass is 10.2. The van der Waals surface area contributed by atoms with E-state index in [4.69, 9.17) is 0 Å². The second-order valence-corrected chi connectivity index (χ2v) is 8.62. The van der Waals surface area contributed by atoms with Crippen LogP contribution in [0.25, 0.3) is 0 Å². The highest BCUT2D eigenvalue weighted by Gasteiger charge is 2.09. The van der Waals surface area contributed by atoms with Gasteiger partial charge in [0.1, 0.15) is 5.82 Å². The molecule has 1 heterocycles. The first-order valence-electron chi connectivity index (χ1n) is 7.87. The number of hydrogen-bond donors (Lipinski definition) is 1. The number of nitrogens with one attached hydrogen (secondary N) is 1. The lowest BCUT2D eigenvalue weighted by Gasteiger charge is -2.02. The highest BCUT2D eigenvalue weighted by atomic mass is 32.2. The number of amides is 1. The van der Waals surface area contributed by atoms with Crippen LogP contribution in [0.5, 0.6) is 0 Å². The van der Waals surface area contributed by atoms with Gasteiger partial charge in [-0.05, 0) is 29.8 Å². The van der Waals surface area contributed by atoms with Gasteiger partial charge in [-0.2, -0.15) is 0 Å². The average Bonchev–Trinajstić information content (AvgIpc) is 3.10. The zero-order valence-electron chi connectivity index (χ0n) is 13.7. The van der Waals surface area contributed by atoms with Crippen molar-refractivity contribution in [1.82, 2.24) is 10.2 Å². The summed E-state index contributed by atoms with van der Waals surface area (Å²) in [6, 6.07) is 16.4. The van der Waals surface area contributed by atoms with Crippen molar-refractivity contribution in [2.24, 2.45) is 0 Å². The molecule has 0 radical (unpaired) electrons. The number of hydrogen-bond acceptors (Lipinski definition) is 6. The maximum atomic E-state index is 12.8. The van der Waals surface area contributed by atoms with Crippen LogP contribution in [0.1, 0.15) is 12.0 Å². The van der Waals surface area contributed by atoms with Crippen LogP contribution < -0.4 is 5.32 Å². The number of thioether (sulfide) groups is 2. The van der Waals surface area contributed by atoms with Crippen LogP contribution >= 0.6 is 34.9 Å². The van der Waals surface area contributed by atoms with Gasteiger partial charge in [0.25, 0.3) is 0 Å². The van der Waals surface area contributed by atoms with E-state index < -0.39 is 0 Å². The van der Waals surface area contributed by atoms with Crippen molar-refractivity contribution in [1.29, 1.82) is 0 Å². The summed E-state index contributed by atoms with van der Waals surface area (Å²) in [7, 11) is 0. The zero-order chi connectivity index (χ0) is 18.2. The molecule has 8 heteroatoms. The highest BCUT2D eigenvalue weighted by Crippen LogP contribution is 2.28. The molecule has 0 aliphatic heterocycles. The molecule has 1 amide bonds. The summed E-state index contributed by atoms with van der Waals surface area (Å²) in [5.41, 5.74) is 1.22. The predicted octanol–water partition coefficient (Wildman–Crippen LogP) is 5.09. The molecule has 3 aromatic rings. The van der Waals surface area contributed by atoms with Gasteiger partial charge in [0.2, 0.25) is 11.0 Å². The second kappa shape index (κ2) is 9.70. The molecule has 0 aliphatic rings. The van der Waals surface area contributed by atoms with Crippen LogP contribution in [-0.4, -0.2) is 21.9 Å². The third kappa shape index (κ3) is 6.12. The van der Waals surface area contributed by atoms with Gasteiger partial charge in [0.05, 0.1) is 0 Å². The summed E-state index contributed by atoms with van der Waals surface area (Å²) in [5.74, 6) is 1.07. The van der Waals surface area contributed by atoms with Gasteiger partial charge in [-0.1, -0.05) is 53.4 Å². The molecular formula is C18H16FN3OS3. The number of carbonyl (C=O) groups is 1. The van der Waals surface area contributed by atoms with E-state index in [0.717, 1.165) is 15.0 Å². The van der Waals surface area contributed by atoms with Gasteiger partial charge in [-0.15, -0.1) is 22.0 Å². The molecular weight excluding hydrogens is 389 g/mol. The Kier molecular flexibility index (Phi) is 7.04. The number of aromatic nitrogens is 2. The minimum absolute atomic E-state index is 0.102. The first-order valence-corrected chi connectivity index (χ1v) is 10.7. The number of nitrogens with zero attached hydrogens (tertiary/aromatic N) is 2. The fraction of sp³-hybridized carbons (Fsp3) is 0.167. The summed E-state index contributed by atoms with van der Waals surface area (Å²) < 4.78 is 13.7. The van der Waals surface area contributed by atoms with E-state index in [2.05, 4.69) is 27.6 Å². The molecule has 0 spiro atoms. The summed E-state index contributed by atoms with van der Waals surface area (Å²) >= 11 is 4.48. The van der Waals surface area contributed by atoms with Crippen LogP contribution in [-0.2, 0) is 10.5 Å². The summed E-state index contributed by atoms with van der Waals surface area (Å²) in [4.78, 5) is 12.9. The molecule has 0 saturated carbocycles. The minimum atomic E-state index is -0.260.